The van der Waals surface area contributed by atoms with Crippen molar-refractivity contribution in [3.05, 3.63) is 88.7 Å². The van der Waals surface area contributed by atoms with Crippen molar-refractivity contribution in [2.24, 2.45) is 0 Å². The van der Waals surface area contributed by atoms with Crippen molar-refractivity contribution in [2.75, 3.05) is 0 Å². The van der Waals surface area contributed by atoms with Crippen LogP contribution >= 0.6 is 0 Å². The van der Waals surface area contributed by atoms with E-state index in [9.17, 15) is 4.79 Å². The summed E-state index contributed by atoms with van der Waals surface area (Å²) in [6.07, 6.45) is 10.0. The summed E-state index contributed by atoms with van der Waals surface area (Å²) in [6.45, 7) is 4.06. The molecule has 0 spiro atoms. The molecule has 2 N–H and O–H groups in total. The topological polar surface area (TPSA) is 75.7 Å². The Bertz CT molecular complexity index is 1440. The Labute approximate surface area is 185 Å². The molecule has 0 saturated carbocycles. The zero-order chi connectivity index (χ0) is 21.8. The minimum atomic E-state index is -0.0971. The lowest BCUT2D eigenvalue weighted by molar-refractivity contribution is 0.509. The van der Waals surface area contributed by atoms with Gasteiger partial charge < -0.3 is 15.3 Å². The molecule has 1 saturated heterocycles. The predicted octanol–water partition coefficient (Wildman–Crippen LogP) is 4.30. The first kappa shape index (κ1) is 19.0. The van der Waals surface area contributed by atoms with Crippen molar-refractivity contribution >= 4 is 23.3 Å². The van der Waals surface area contributed by atoms with Gasteiger partial charge in [-0.2, -0.15) is 0 Å². The van der Waals surface area contributed by atoms with Gasteiger partial charge in [-0.1, -0.05) is 18.7 Å². The fraction of sp³-hybridized carbons (Fsp3) is 0.192. The lowest BCUT2D eigenvalue weighted by Gasteiger charge is -2.23. The normalized spacial score (nSPS) is 19.1. The van der Waals surface area contributed by atoms with E-state index in [2.05, 4.69) is 33.6 Å². The van der Waals surface area contributed by atoms with E-state index < -0.39 is 0 Å². The fourth-order valence-electron chi connectivity index (χ4n) is 5.31. The SMILES string of the molecule is C=Cn1c2c(c3ccc(-n4ccc(-c5ccc(C=N)nc5)cc4=O)cc31)C1CCC(C2)N1. The highest BCUT2D eigenvalue weighted by atomic mass is 16.1. The molecular formula is C26H23N5O. The van der Waals surface area contributed by atoms with E-state index >= 15 is 0 Å². The van der Waals surface area contributed by atoms with Crippen molar-refractivity contribution in [3.63, 3.8) is 0 Å². The molecule has 5 heterocycles. The maximum Gasteiger partial charge on any atom is 0.255 e. The quantitative estimate of drug-likeness (QED) is 0.483. The summed E-state index contributed by atoms with van der Waals surface area (Å²) in [5, 5.41) is 12.3. The maximum atomic E-state index is 13.0. The molecule has 32 heavy (non-hydrogen) atoms. The van der Waals surface area contributed by atoms with Gasteiger partial charge in [0.2, 0.25) is 0 Å². The Morgan fingerprint density at radius 1 is 1.12 bits per heavy atom. The molecule has 1 fully saturated rings. The van der Waals surface area contributed by atoms with Crippen LogP contribution < -0.4 is 10.9 Å². The summed E-state index contributed by atoms with van der Waals surface area (Å²) in [5.41, 5.74) is 6.83. The van der Waals surface area contributed by atoms with Crippen LogP contribution in [0.15, 0.2) is 66.2 Å². The van der Waals surface area contributed by atoms with Crippen LogP contribution in [-0.4, -0.2) is 26.4 Å². The van der Waals surface area contributed by atoms with E-state index in [0.29, 0.717) is 17.8 Å². The molecule has 0 amide bonds. The van der Waals surface area contributed by atoms with Crippen LogP contribution in [0, 0.1) is 5.41 Å². The summed E-state index contributed by atoms with van der Waals surface area (Å²) in [7, 11) is 0. The Morgan fingerprint density at radius 3 is 2.78 bits per heavy atom. The maximum absolute atomic E-state index is 13.0. The number of rotatable bonds is 4. The zero-order valence-corrected chi connectivity index (χ0v) is 17.6. The average Bonchev–Trinajstić information content (AvgIpc) is 3.36. The van der Waals surface area contributed by atoms with E-state index in [1.165, 1.54) is 35.7 Å². The highest BCUT2D eigenvalue weighted by Gasteiger charge is 2.36. The minimum absolute atomic E-state index is 0.0971. The van der Waals surface area contributed by atoms with Gasteiger partial charge in [0.05, 0.1) is 16.9 Å². The van der Waals surface area contributed by atoms with E-state index in [0.717, 1.165) is 28.8 Å². The number of benzene rings is 1. The molecule has 0 aliphatic carbocycles. The third-order valence-corrected chi connectivity index (χ3v) is 6.81. The van der Waals surface area contributed by atoms with Gasteiger partial charge in [0, 0.05) is 66.0 Å². The molecule has 3 aromatic heterocycles. The summed E-state index contributed by atoms with van der Waals surface area (Å²) >= 11 is 0. The summed E-state index contributed by atoms with van der Waals surface area (Å²) in [4.78, 5) is 17.2. The summed E-state index contributed by atoms with van der Waals surface area (Å²) in [5.74, 6) is 0. The van der Waals surface area contributed by atoms with Gasteiger partial charge in [-0.3, -0.25) is 14.3 Å². The molecule has 158 valence electrons. The Morgan fingerprint density at radius 2 is 2.03 bits per heavy atom. The molecular weight excluding hydrogens is 398 g/mol. The molecule has 2 atom stereocenters. The number of hydrogen-bond acceptors (Lipinski definition) is 4. The van der Waals surface area contributed by atoms with Gasteiger partial charge >= 0.3 is 0 Å². The van der Waals surface area contributed by atoms with Crippen LogP contribution in [0.2, 0.25) is 0 Å². The van der Waals surface area contributed by atoms with Crippen molar-refractivity contribution < 1.29 is 0 Å². The highest BCUT2D eigenvalue weighted by Crippen LogP contribution is 2.42. The number of hydrogen-bond donors (Lipinski definition) is 2. The van der Waals surface area contributed by atoms with Crippen LogP contribution in [0.4, 0.5) is 0 Å². The second-order valence-electron chi connectivity index (χ2n) is 8.55. The third kappa shape index (κ3) is 2.80. The van der Waals surface area contributed by atoms with Crippen LogP contribution in [0.25, 0.3) is 33.9 Å². The fourth-order valence-corrected chi connectivity index (χ4v) is 5.31. The molecule has 1 aromatic carbocycles. The van der Waals surface area contributed by atoms with Crippen molar-refractivity contribution in [3.8, 4) is 16.8 Å². The third-order valence-electron chi connectivity index (χ3n) is 6.81. The van der Waals surface area contributed by atoms with Crippen molar-refractivity contribution in [2.45, 2.75) is 31.3 Å². The van der Waals surface area contributed by atoms with Gasteiger partial charge in [0.15, 0.2) is 0 Å². The highest BCUT2D eigenvalue weighted by molar-refractivity contribution is 5.90. The number of nitrogens with one attached hydrogen (secondary N) is 2. The second-order valence-corrected chi connectivity index (χ2v) is 8.55. The first-order valence-corrected chi connectivity index (χ1v) is 10.9. The van der Waals surface area contributed by atoms with Gasteiger partial charge in [-0.05, 0) is 48.2 Å². The van der Waals surface area contributed by atoms with Crippen LogP contribution in [-0.2, 0) is 6.42 Å². The molecule has 4 aromatic rings. The first-order valence-electron chi connectivity index (χ1n) is 10.9. The molecule has 2 aliphatic heterocycles. The Kier molecular flexibility index (Phi) is 4.23. The van der Waals surface area contributed by atoms with Gasteiger partial charge in [-0.15, -0.1) is 0 Å². The molecule has 6 rings (SSSR count). The molecule has 0 radical (unpaired) electrons. The monoisotopic (exact) mass is 421 g/mol. The molecule has 2 aliphatic rings. The van der Waals surface area contributed by atoms with Crippen molar-refractivity contribution in [1.82, 2.24) is 19.4 Å². The number of nitrogens with zero attached hydrogens (tertiary/aromatic N) is 3. The van der Waals surface area contributed by atoms with E-state index in [-0.39, 0.29) is 5.56 Å². The number of fused-ring (bicyclic) bond motifs is 6. The van der Waals surface area contributed by atoms with E-state index in [1.807, 2.05) is 30.6 Å². The Hall–Kier alpha value is -3.77. The van der Waals surface area contributed by atoms with Crippen LogP contribution in [0.5, 0.6) is 0 Å². The van der Waals surface area contributed by atoms with E-state index in [1.54, 1.807) is 22.9 Å². The smallest absolute Gasteiger partial charge is 0.255 e. The largest absolute Gasteiger partial charge is 0.320 e. The molecule has 2 unspecified atom stereocenters. The summed E-state index contributed by atoms with van der Waals surface area (Å²) in [6, 6.07) is 14.4. The minimum Gasteiger partial charge on any atom is -0.320 e. The lowest BCUT2D eigenvalue weighted by Crippen LogP contribution is -2.32. The average molecular weight is 422 g/mol. The van der Waals surface area contributed by atoms with Gasteiger partial charge in [0.25, 0.3) is 5.56 Å². The summed E-state index contributed by atoms with van der Waals surface area (Å²) < 4.78 is 3.88. The first-order chi connectivity index (χ1) is 15.7. The van der Waals surface area contributed by atoms with Crippen LogP contribution in [0.1, 0.15) is 35.8 Å². The lowest BCUT2D eigenvalue weighted by atomic mass is 9.99. The van der Waals surface area contributed by atoms with E-state index in [4.69, 9.17) is 5.41 Å². The zero-order valence-electron chi connectivity index (χ0n) is 17.6. The van der Waals surface area contributed by atoms with Crippen molar-refractivity contribution in [1.29, 1.82) is 5.41 Å². The Balaban J connectivity index is 1.44. The number of aromatic nitrogens is 3. The molecule has 6 nitrogen and oxygen atoms in total. The van der Waals surface area contributed by atoms with Crippen LogP contribution in [0.3, 0.4) is 0 Å². The molecule has 6 heteroatoms. The predicted molar refractivity (Wildman–Crippen MR) is 128 cm³/mol. The molecule has 2 bridgehead atoms. The second kappa shape index (κ2) is 7.14. The standard InChI is InChI=1S/C26H23N5O/c1-2-30-23-13-20(6-7-21(23)26-22-8-5-18(29-22)12-24(26)30)31-10-9-16(11-25(31)32)17-3-4-19(14-27)28-15-17/h2-4,6-7,9-11,13-15,18,22,27,29H,1,5,8,12H2. The van der Waals surface area contributed by atoms with Gasteiger partial charge in [-0.25, -0.2) is 0 Å². The number of pyridine rings is 2. The van der Waals surface area contributed by atoms with Gasteiger partial charge in [0.1, 0.15) is 0 Å².